The molecule has 2 nitrogen and oxygen atoms in total. The summed E-state index contributed by atoms with van der Waals surface area (Å²) in [4.78, 5) is 2.64. The molecule has 18 heavy (non-hydrogen) atoms. The van der Waals surface area contributed by atoms with E-state index in [0.717, 1.165) is 30.1 Å². The van der Waals surface area contributed by atoms with Crippen molar-refractivity contribution in [3.63, 3.8) is 0 Å². The summed E-state index contributed by atoms with van der Waals surface area (Å²) in [5.41, 5.74) is 9.88. The van der Waals surface area contributed by atoms with E-state index in [1.807, 2.05) is 6.07 Å². The summed E-state index contributed by atoms with van der Waals surface area (Å²) >= 11 is 2.14. The Morgan fingerprint density at radius 3 is 3.00 bits per heavy atom. The first kappa shape index (κ1) is 12.4. The molecule has 0 radical (unpaired) electrons. The molecule has 0 bridgehead atoms. The number of fused-ring (bicyclic) bond motifs is 1. The third-order valence-corrected chi connectivity index (χ3v) is 5.55. The molecule has 3 rings (SSSR count). The fourth-order valence-corrected chi connectivity index (χ4v) is 4.50. The van der Waals surface area contributed by atoms with Gasteiger partial charge in [-0.1, -0.05) is 19.1 Å². The molecule has 1 aromatic carbocycles. The minimum atomic E-state index is 0.779. The van der Waals surface area contributed by atoms with Gasteiger partial charge in [-0.05, 0) is 42.2 Å². The van der Waals surface area contributed by atoms with Crippen LogP contribution in [0.1, 0.15) is 37.3 Å². The van der Waals surface area contributed by atoms with Crippen LogP contribution in [0.3, 0.4) is 0 Å². The Bertz CT molecular complexity index is 433. The van der Waals surface area contributed by atoms with Gasteiger partial charge < -0.3 is 5.73 Å². The van der Waals surface area contributed by atoms with E-state index in [2.05, 4.69) is 35.7 Å². The maximum Gasteiger partial charge on any atom is 0.0363 e. The molecule has 0 saturated heterocycles. The first-order valence-corrected chi connectivity index (χ1v) is 8.04. The Labute approximate surface area is 114 Å². The van der Waals surface area contributed by atoms with Crippen molar-refractivity contribution in [1.82, 2.24) is 4.90 Å². The quantitative estimate of drug-likeness (QED) is 0.848. The maximum atomic E-state index is 6.08. The summed E-state index contributed by atoms with van der Waals surface area (Å²) in [6, 6.07) is 7.13. The number of hydrogen-bond acceptors (Lipinski definition) is 3. The van der Waals surface area contributed by atoms with Crippen molar-refractivity contribution in [2.45, 2.75) is 50.6 Å². The van der Waals surface area contributed by atoms with Crippen molar-refractivity contribution in [3.8, 4) is 0 Å². The van der Waals surface area contributed by atoms with Gasteiger partial charge >= 0.3 is 0 Å². The van der Waals surface area contributed by atoms with Gasteiger partial charge in [0.25, 0.3) is 0 Å². The van der Waals surface area contributed by atoms with Crippen LogP contribution in [0, 0.1) is 0 Å². The molecule has 0 amide bonds. The van der Waals surface area contributed by atoms with Crippen LogP contribution in [0.5, 0.6) is 0 Å². The molecule has 2 aliphatic rings. The van der Waals surface area contributed by atoms with Crippen LogP contribution in [-0.4, -0.2) is 21.9 Å². The molecule has 2 N–H and O–H groups in total. The predicted molar refractivity (Wildman–Crippen MR) is 79.7 cm³/mol. The van der Waals surface area contributed by atoms with Crippen LogP contribution in [0.4, 0.5) is 5.69 Å². The van der Waals surface area contributed by atoms with E-state index in [1.54, 1.807) is 0 Å². The molecule has 2 atom stereocenters. The van der Waals surface area contributed by atoms with E-state index in [4.69, 9.17) is 5.73 Å². The van der Waals surface area contributed by atoms with Crippen molar-refractivity contribution in [2.24, 2.45) is 0 Å². The lowest BCUT2D eigenvalue weighted by molar-refractivity contribution is 0.202. The molecule has 3 heteroatoms. The van der Waals surface area contributed by atoms with Gasteiger partial charge in [0.15, 0.2) is 0 Å². The number of nitrogens with zero attached hydrogens (tertiary/aromatic N) is 1. The zero-order valence-corrected chi connectivity index (χ0v) is 11.9. The second kappa shape index (κ2) is 5.14. The highest BCUT2D eigenvalue weighted by Crippen LogP contribution is 2.37. The molecule has 1 saturated carbocycles. The van der Waals surface area contributed by atoms with Crippen LogP contribution in [0.15, 0.2) is 18.2 Å². The van der Waals surface area contributed by atoms with Crippen molar-refractivity contribution in [3.05, 3.63) is 29.3 Å². The lowest BCUT2D eigenvalue weighted by Gasteiger charge is -2.23. The van der Waals surface area contributed by atoms with Gasteiger partial charge in [-0.25, -0.2) is 0 Å². The number of nitrogens with two attached hydrogens (primary N) is 1. The molecule has 1 heterocycles. The standard InChI is InChI=1S/C15H22N2S/c1-2-18-13-7-6-12(8-13)17-9-11-4-3-5-15(16)14(11)10-17/h3-5,12-13H,2,6-10,16H2,1H3. The lowest BCUT2D eigenvalue weighted by atomic mass is 10.1. The Morgan fingerprint density at radius 1 is 1.33 bits per heavy atom. The smallest absolute Gasteiger partial charge is 0.0363 e. The first-order valence-electron chi connectivity index (χ1n) is 6.99. The number of benzene rings is 1. The molecule has 1 fully saturated rings. The third kappa shape index (κ3) is 2.26. The van der Waals surface area contributed by atoms with E-state index in [9.17, 15) is 0 Å². The van der Waals surface area contributed by atoms with E-state index < -0.39 is 0 Å². The number of thioether (sulfide) groups is 1. The summed E-state index contributed by atoms with van der Waals surface area (Å²) in [6.45, 7) is 4.44. The van der Waals surface area contributed by atoms with Crippen LogP contribution in [0.2, 0.25) is 0 Å². The molecule has 0 aromatic heterocycles. The second-order valence-corrected chi connectivity index (χ2v) is 7.01. The van der Waals surface area contributed by atoms with Gasteiger partial charge in [-0.15, -0.1) is 0 Å². The molecule has 0 spiro atoms. The zero-order chi connectivity index (χ0) is 12.5. The monoisotopic (exact) mass is 262 g/mol. The summed E-state index contributed by atoms with van der Waals surface area (Å²) in [6.07, 6.45) is 4.13. The Morgan fingerprint density at radius 2 is 2.22 bits per heavy atom. The number of rotatable bonds is 3. The molecule has 1 aromatic rings. The zero-order valence-electron chi connectivity index (χ0n) is 11.1. The van der Waals surface area contributed by atoms with Crippen molar-refractivity contribution in [2.75, 3.05) is 11.5 Å². The van der Waals surface area contributed by atoms with Crippen LogP contribution < -0.4 is 5.73 Å². The fourth-order valence-electron chi connectivity index (χ4n) is 3.37. The second-order valence-electron chi connectivity index (χ2n) is 5.43. The van der Waals surface area contributed by atoms with Crippen molar-refractivity contribution < 1.29 is 0 Å². The summed E-state index contributed by atoms with van der Waals surface area (Å²) in [7, 11) is 0. The Kier molecular flexibility index (Phi) is 3.53. The minimum absolute atomic E-state index is 0.779. The highest BCUT2D eigenvalue weighted by molar-refractivity contribution is 7.99. The highest BCUT2D eigenvalue weighted by Gasteiger charge is 2.32. The van der Waals surface area contributed by atoms with Crippen molar-refractivity contribution >= 4 is 17.4 Å². The molecular formula is C15H22N2S. The van der Waals surface area contributed by atoms with Gasteiger partial charge in [0, 0.05) is 30.1 Å². The molecular weight excluding hydrogens is 240 g/mol. The first-order chi connectivity index (χ1) is 8.78. The van der Waals surface area contributed by atoms with E-state index >= 15 is 0 Å². The maximum absolute atomic E-state index is 6.08. The molecule has 1 aliphatic heterocycles. The number of nitrogen functional groups attached to an aromatic ring is 1. The van der Waals surface area contributed by atoms with E-state index in [1.165, 1.54) is 36.1 Å². The third-order valence-electron chi connectivity index (χ3n) is 4.32. The van der Waals surface area contributed by atoms with Gasteiger partial charge in [0.05, 0.1) is 0 Å². The average molecular weight is 262 g/mol. The van der Waals surface area contributed by atoms with Crippen molar-refractivity contribution in [1.29, 1.82) is 0 Å². The average Bonchev–Trinajstić information content (AvgIpc) is 2.96. The van der Waals surface area contributed by atoms with E-state index in [-0.39, 0.29) is 0 Å². The van der Waals surface area contributed by atoms with Gasteiger partial charge in [0.1, 0.15) is 0 Å². The van der Waals surface area contributed by atoms with Crippen LogP contribution >= 0.6 is 11.8 Å². The summed E-state index contributed by atoms with van der Waals surface area (Å²) in [5.74, 6) is 1.25. The normalized spacial score (nSPS) is 27.6. The fraction of sp³-hybridized carbons (Fsp3) is 0.600. The number of hydrogen-bond donors (Lipinski definition) is 1. The van der Waals surface area contributed by atoms with Gasteiger partial charge in [-0.3, -0.25) is 4.90 Å². The summed E-state index contributed by atoms with van der Waals surface area (Å²) in [5, 5.41) is 0.890. The summed E-state index contributed by atoms with van der Waals surface area (Å²) < 4.78 is 0. The largest absolute Gasteiger partial charge is 0.398 e. The molecule has 1 aliphatic carbocycles. The van der Waals surface area contributed by atoms with Gasteiger partial charge in [-0.2, -0.15) is 11.8 Å². The SMILES string of the molecule is CCSC1CCC(N2Cc3cccc(N)c3C2)C1. The van der Waals surface area contributed by atoms with Crippen LogP contribution in [-0.2, 0) is 13.1 Å². The topological polar surface area (TPSA) is 29.3 Å². The number of anilines is 1. The highest BCUT2D eigenvalue weighted by atomic mass is 32.2. The Hall–Kier alpha value is -0.670. The van der Waals surface area contributed by atoms with Gasteiger partial charge in [0.2, 0.25) is 0 Å². The van der Waals surface area contributed by atoms with Crippen LogP contribution in [0.25, 0.3) is 0 Å². The molecule has 2 unspecified atom stereocenters. The van der Waals surface area contributed by atoms with E-state index in [0.29, 0.717) is 0 Å². The lowest BCUT2D eigenvalue weighted by Crippen LogP contribution is -2.28. The Balaban J connectivity index is 1.66. The minimum Gasteiger partial charge on any atom is -0.398 e. The molecule has 98 valence electrons. The predicted octanol–water partition coefficient (Wildman–Crippen LogP) is 3.26.